The Bertz CT molecular complexity index is 897. The van der Waals surface area contributed by atoms with E-state index in [4.69, 9.17) is 0 Å². The Morgan fingerprint density at radius 3 is 2.48 bits per heavy atom. The minimum Gasteiger partial charge on any atom is -0.326 e. The maximum atomic E-state index is 13.1. The molecule has 3 rings (SSSR count). The summed E-state index contributed by atoms with van der Waals surface area (Å²) < 4.78 is 39.4. The lowest BCUT2D eigenvalue weighted by Gasteiger charge is -2.18. The fraction of sp³-hybridized carbons (Fsp3) is 0.333. The van der Waals surface area contributed by atoms with Crippen molar-refractivity contribution < 1.29 is 22.8 Å². The second-order valence-electron chi connectivity index (χ2n) is 6.84. The lowest BCUT2D eigenvalue weighted by molar-refractivity contribution is -0.137. The second kappa shape index (κ2) is 8.90. The number of anilines is 2. The van der Waals surface area contributed by atoms with Gasteiger partial charge in [-0.3, -0.25) is 9.59 Å². The van der Waals surface area contributed by atoms with Crippen molar-refractivity contribution in [3.63, 3.8) is 0 Å². The van der Waals surface area contributed by atoms with E-state index >= 15 is 0 Å². The summed E-state index contributed by atoms with van der Waals surface area (Å²) in [6.45, 7) is 1.80. The number of thioether (sulfide) groups is 1. The number of halogens is 3. The molecule has 1 atom stereocenters. The van der Waals surface area contributed by atoms with Crippen molar-refractivity contribution >= 4 is 35.0 Å². The van der Waals surface area contributed by atoms with E-state index in [-0.39, 0.29) is 17.5 Å². The summed E-state index contributed by atoms with van der Waals surface area (Å²) in [5.74, 6) is -0.434. The Morgan fingerprint density at radius 1 is 1.10 bits per heavy atom. The highest BCUT2D eigenvalue weighted by Crippen LogP contribution is 2.36. The van der Waals surface area contributed by atoms with Crippen LogP contribution in [0.2, 0.25) is 0 Å². The number of carbonyl (C=O) groups excluding carboxylic acids is 2. The molecule has 2 amide bonds. The van der Waals surface area contributed by atoms with E-state index in [1.165, 1.54) is 30.0 Å². The highest BCUT2D eigenvalue weighted by molar-refractivity contribution is 8.00. The summed E-state index contributed by atoms with van der Waals surface area (Å²) in [6, 6.07) is 12.0. The highest BCUT2D eigenvalue weighted by atomic mass is 32.2. The van der Waals surface area contributed by atoms with Crippen molar-refractivity contribution in [2.45, 2.75) is 42.5 Å². The number of carbonyl (C=O) groups is 2. The van der Waals surface area contributed by atoms with Crippen LogP contribution >= 0.6 is 11.8 Å². The number of alkyl halides is 3. The van der Waals surface area contributed by atoms with Gasteiger partial charge in [0.05, 0.1) is 16.5 Å². The van der Waals surface area contributed by atoms with Gasteiger partial charge in [-0.2, -0.15) is 13.2 Å². The predicted octanol–water partition coefficient (Wildman–Crippen LogP) is 5.56. The molecule has 2 aromatic carbocycles. The van der Waals surface area contributed by atoms with Crippen molar-refractivity contribution in [1.82, 2.24) is 0 Å². The first kappa shape index (κ1) is 21.2. The smallest absolute Gasteiger partial charge is 0.326 e. The second-order valence-corrected chi connectivity index (χ2v) is 8.11. The predicted molar refractivity (Wildman–Crippen MR) is 108 cm³/mol. The van der Waals surface area contributed by atoms with Crippen molar-refractivity contribution in [2.75, 3.05) is 10.6 Å². The first-order valence-electron chi connectivity index (χ1n) is 9.32. The Hall–Kier alpha value is -2.48. The maximum Gasteiger partial charge on any atom is 0.418 e. The minimum absolute atomic E-state index is 0.0132. The molecule has 0 spiro atoms. The number of hydrogen-bond acceptors (Lipinski definition) is 3. The number of rotatable bonds is 7. The number of para-hydroxylation sites is 1. The summed E-state index contributed by atoms with van der Waals surface area (Å²) in [4.78, 5) is 25.3. The van der Waals surface area contributed by atoms with E-state index in [1.54, 1.807) is 31.2 Å². The molecular formula is C21H21F3N2O2S. The molecule has 2 N–H and O–H groups in total. The van der Waals surface area contributed by atoms with Gasteiger partial charge < -0.3 is 10.6 Å². The van der Waals surface area contributed by atoms with Crippen LogP contribution in [0.3, 0.4) is 0 Å². The average molecular weight is 422 g/mol. The van der Waals surface area contributed by atoms with Crippen LogP contribution in [0, 0.1) is 5.92 Å². The summed E-state index contributed by atoms with van der Waals surface area (Å²) in [5.41, 5.74) is -0.489. The Kier molecular flexibility index (Phi) is 6.52. The highest BCUT2D eigenvalue weighted by Gasteiger charge is 2.34. The maximum absolute atomic E-state index is 13.1. The zero-order valence-electron chi connectivity index (χ0n) is 15.8. The standard InChI is InChI=1S/C21H21F3N2O2S/c1-2-18(20(28)26-17-9-4-3-8-16(17)21(22,23)24)29-15-7-5-6-14(12-15)25-19(27)13-10-11-13/h3-9,12-13,18H,2,10-11H2,1H3,(H,25,27)(H,26,28). The molecule has 0 saturated heterocycles. The van der Waals surface area contributed by atoms with Crippen molar-refractivity contribution in [1.29, 1.82) is 0 Å². The van der Waals surface area contributed by atoms with Gasteiger partial charge >= 0.3 is 6.18 Å². The Balaban J connectivity index is 1.69. The first-order valence-corrected chi connectivity index (χ1v) is 10.2. The third-order valence-corrected chi connectivity index (χ3v) is 5.84. The summed E-state index contributed by atoms with van der Waals surface area (Å²) >= 11 is 1.25. The normalized spacial score (nSPS) is 14.9. The van der Waals surface area contributed by atoms with Gasteiger partial charge in [0, 0.05) is 16.5 Å². The van der Waals surface area contributed by atoms with Gasteiger partial charge in [-0.05, 0) is 49.6 Å². The molecule has 29 heavy (non-hydrogen) atoms. The molecule has 0 heterocycles. The van der Waals surface area contributed by atoms with E-state index in [1.807, 2.05) is 0 Å². The number of benzene rings is 2. The van der Waals surface area contributed by atoms with Crippen LogP contribution in [0.25, 0.3) is 0 Å². The molecule has 4 nitrogen and oxygen atoms in total. The van der Waals surface area contributed by atoms with Crippen molar-refractivity contribution in [3.05, 3.63) is 54.1 Å². The first-order chi connectivity index (χ1) is 13.8. The summed E-state index contributed by atoms with van der Waals surface area (Å²) in [7, 11) is 0. The molecule has 2 aromatic rings. The average Bonchev–Trinajstić information content (AvgIpc) is 3.51. The minimum atomic E-state index is -4.55. The molecule has 0 radical (unpaired) electrons. The SMILES string of the molecule is CCC(Sc1cccc(NC(=O)C2CC2)c1)C(=O)Nc1ccccc1C(F)(F)F. The fourth-order valence-electron chi connectivity index (χ4n) is 2.78. The molecule has 8 heteroatoms. The molecule has 154 valence electrons. The molecule has 0 bridgehead atoms. The van der Waals surface area contributed by atoms with Crippen LogP contribution in [0.1, 0.15) is 31.7 Å². The molecule has 1 aliphatic rings. The molecule has 0 aromatic heterocycles. The zero-order chi connectivity index (χ0) is 21.0. The van der Waals surface area contributed by atoms with Crippen LogP contribution < -0.4 is 10.6 Å². The molecule has 1 fully saturated rings. The lowest BCUT2D eigenvalue weighted by atomic mass is 10.1. The van der Waals surface area contributed by atoms with Crippen molar-refractivity contribution in [3.8, 4) is 0 Å². The Morgan fingerprint density at radius 2 is 1.83 bits per heavy atom. The van der Waals surface area contributed by atoms with Crippen LogP contribution in [0.15, 0.2) is 53.4 Å². The third kappa shape index (κ3) is 5.76. The van der Waals surface area contributed by atoms with Crippen molar-refractivity contribution in [2.24, 2.45) is 5.92 Å². The zero-order valence-corrected chi connectivity index (χ0v) is 16.6. The van der Waals surface area contributed by atoms with Gasteiger partial charge in [0.25, 0.3) is 0 Å². The van der Waals surface area contributed by atoms with Gasteiger partial charge in [-0.25, -0.2) is 0 Å². The van der Waals surface area contributed by atoms with Gasteiger partial charge in [0.15, 0.2) is 0 Å². The summed E-state index contributed by atoms with van der Waals surface area (Å²) in [5, 5.41) is 4.68. The van der Waals surface area contributed by atoms with Gasteiger partial charge in [0.1, 0.15) is 0 Å². The topological polar surface area (TPSA) is 58.2 Å². The molecule has 0 aliphatic heterocycles. The monoisotopic (exact) mass is 422 g/mol. The van der Waals surface area contributed by atoms with Crippen LogP contribution in [0.4, 0.5) is 24.5 Å². The van der Waals surface area contributed by atoms with E-state index < -0.39 is 22.9 Å². The van der Waals surface area contributed by atoms with Crippen LogP contribution in [-0.4, -0.2) is 17.1 Å². The van der Waals surface area contributed by atoms with E-state index in [2.05, 4.69) is 10.6 Å². The third-order valence-electron chi connectivity index (χ3n) is 4.48. The summed E-state index contributed by atoms with van der Waals surface area (Å²) in [6.07, 6.45) is -2.31. The molecular weight excluding hydrogens is 401 g/mol. The van der Waals surface area contributed by atoms with E-state index in [9.17, 15) is 22.8 Å². The van der Waals surface area contributed by atoms with Gasteiger partial charge in [-0.15, -0.1) is 11.8 Å². The van der Waals surface area contributed by atoms with Gasteiger partial charge in [0.2, 0.25) is 11.8 Å². The quantitative estimate of drug-likeness (QED) is 0.574. The van der Waals surface area contributed by atoms with E-state index in [0.717, 1.165) is 23.8 Å². The molecule has 1 aliphatic carbocycles. The van der Waals surface area contributed by atoms with Gasteiger partial charge in [-0.1, -0.05) is 25.1 Å². The lowest BCUT2D eigenvalue weighted by Crippen LogP contribution is -2.26. The Labute approximate surface area is 171 Å². The molecule has 1 saturated carbocycles. The molecule has 1 unspecified atom stereocenters. The largest absolute Gasteiger partial charge is 0.418 e. The number of nitrogens with one attached hydrogen (secondary N) is 2. The van der Waals surface area contributed by atoms with E-state index in [0.29, 0.717) is 12.1 Å². The van der Waals surface area contributed by atoms with Crippen LogP contribution in [-0.2, 0) is 15.8 Å². The van der Waals surface area contributed by atoms with Crippen LogP contribution in [0.5, 0.6) is 0 Å². The fourth-order valence-corrected chi connectivity index (χ4v) is 3.79. The number of hydrogen-bond donors (Lipinski definition) is 2. The number of amides is 2.